The number of hydrogen-bond donors (Lipinski definition) is 5. The Balaban J connectivity index is 2.35. The summed E-state index contributed by atoms with van der Waals surface area (Å²) in [4.78, 5) is 22.0. The van der Waals surface area contributed by atoms with E-state index in [2.05, 4.69) is 5.32 Å². The molecule has 0 fully saturated rings. The quantitative estimate of drug-likeness (QED) is 0.510. The Bertz CT molecular complexity index is 794. The van der Waals surface area contributed by atoms with Gasteiger partial charge in [0.05, 0.1) is 16.9 Å². The maximum atomic E-state index is 13.4. The number of nitrogens with two attached hydrogens (primary N) is 1. The van der Waals surface area contributed by atoms with E-state index in [0.717, 1.165) is 18.2 Å². The van der Waals surface area contributed by atoms with Crippen molar-refractivity contribution in [2.24, 2.45) is 5.73 Å². The number of aliphatic carboxylic acids is 1. The fourth-order valence-electron chi connectivity index (χ4n) is 2.10. The molecule has 6 N–H and O–H groups in total. The van der Waals surface area contributed by atoms with Crippen LogP contribution in [0.3, 0.4) is 0 Å². The standard InChI is InChI=1S/C16H15FN2O5/c17-9-2-3-10(15(21)22)12(7-9)19-13-6-8(1-4-14(13)20)5-11(18)16(23)24/h1-4,6-7,11,19-20H,5,18H2,(H,21,22)(H,23,24)/t11-/m0/s1. The number of carboxylic acid groups (broad SMARTS) is 2. The van der Waals surface area contributed by atoms with Crippen molar-refractivity contribution in [3.8, 4) is 5.75 Å². The van der Waals surface area contributed by atoms with Gasteiger partial charge in [0.2, 0.25) is 0 Å². The molecule has 0 amide bonds. The van der Waals surface area contributed by atoms with E-state index in [1.165, 1.54) is 18.2 Å². The smallest absolute Gasteiger partial charge is 0.337 e. The molecule has 24 heavy (non-hydrogen) atoms. The van der Waals surface area contributed by atoms with Crippen LogP contribution in [0.1, 0.15) is 15.9 Å². The number of phenolic OH excluding ortho intramolecular Hbond substituents is 1. The third-order valence-corrected chi connectivity index (χ3v) is 3.32. The summed E-state index contributed by atoms with van der Waals surface area (Å²) in [5.41, 5.74) is 5.86. The van der Waals surface area contributed by atoms with Gasteiger partial charge < -0.3 is 26.4 Å². The summed E-state index contributed by atoms with van der Waals surface area (Å²) < 4.78 is 13.4. The number of anilines is 2. The largest absolute Gasteiger partial charge is 0.506 e. The molecular weight excluding hydrogens is 319 g/mol. The number of rotatable bonds is 6. The Hall–Kier alpha value is -3.13. The van der Waals surface area contributed by atoms with E-state index < -0.39 is 23.8 Å². The highest BCUT2D eigenvalue weighted by Gasteiger charge is 2.15. The molecule has 2 aromatic carbocycles. The van der Waals surface area contributed by atoms with Crippen molar-refractivity contribution in [3.63, 3.8) is 0 Å². The van der Waals surface area contributed by atoms with Gasteiger partial charge in [-0.2, -0.15) is 0 Å². The van der Waals surface area contributed by atoms with E-state index in [4.69, 9.17) is 15.9 Å². The number of aromatic carboxylic acids is 1. The van der Waals surface area contributed by atoms with Crippen LogP contribution in [0.2, 0.25) is 0 Å². The molecule has 0 heterocycles. The molecule has 0 saturated heterocycles. The lowest BCUT2D eigenvalue weighted by Crippen LogP contribution is -2.32. The average Bonchev–Trinajstić information content (AvgIpc) is 2.50. The Morgan fingerprint density at radius 3 is 2.46 bits per heavy atom. The molecular formula is C16H15FN2O5. The highest BCUT2D eigenvalue weighted by Crippen LogP contribution is 2.30. The lowest BCUT2D eigenvalue weighted by Gasteiger charge is -2.13. The second kappa shape index (κ2) is 6.97. The molecule has 0 aliphatic rings. The number of phenols is 1. The van der Waals surface area contributed by atoms with Crippen molar-refractivity contribution in [1.82, 2.24) is 0 Å². The van der Waals surface area contributed by atoms with Crippen LogP contribution in [-0.2, 0) is 11.2 Å². The Morgan fingerprint density at radius 2 is 1.83 bits per heavy atom. The average molecular weight is 334 g/mol. The molecule has 0 saturated carbocycles. The minimum absolute atomic E-state index is 0.0131. The molecule has 2 rings (SSSR count). The van der Waals surface area contributed by atoms with Gasteiger partial charge in [-0.25, -0.2) is 9.18 Å². The molecule has 0 spiro atoms. The second-order valence-electron chi connectivity index (χ2n) is 5.12. The van der Waals surface area contributed by atoms with Gasteiger partial charge in [0, 0.05) is 0 Å². The lowest BCUT2D eigenvalue weighted by molar-refractivity contribution is -0.138. The van der Waals surface area contributed by atoms with E-state index in [9.17, 15) is 19.1 Å². The highest BCUT2D eigenvalue weighted by atomic mass is 19.1. The maximum absolute atomic E-state index is 13.4. The van der Waals surface area contributed by atoms with E-state index in [-0.39, 0.29) is 29.1 Å². The zero-order valence-corrected chi connectivity index (χ0v) is 12.4. The number of nitrogens with one attached hydrogen (secondary N) is 1. The molecule has 0 radical (unpaired) electrons. The first-order valence-corrected chi connectivity index (χ1v) is 6.88. The molecule has 0 aliphatic carbocycles. The number of carboxylic acids is 2. The summed E-state index contributed by atoms with van der Waals surface area (Å²) in [5.74, 6) is -3.29. The molecule has 2 aromatic rings. The van der Waals surface area contributed by atoms with Gasteiger partial charge >= 0.3 is 11.9 Å². The first-order valence-electron chi connectivity index (χ1n) is 6.88. The van der Waals surface area contributed by atoms with E-state index in [0.29, 0.717) is 5.56 Å². The molecule has 1 atom stereocenters. The van der Waals surface area contributed by atoms with Gasteiger partial charge in [-0.1, -0.05) is 6.07 Å². The molecule has 0 aromatic heterocycles. The van der Waals surface area contributed by atoms with Crippen molar-refractivity contribution in [2.75, 3.05) is 5.32 Å². The Labute approximate surface area is 136 Å². The van der Waals surface area contributed by atoms with Crippen LogP contribution < -0.4 is 11.1 Å². The number of hydrogen-bond acceptors (Lipinski definition) is 5. The van der Waals surface area contributed by atoms with Gasteiger partial charge in [0.1, 0.15) is 17.6 Å². The maximum Gasteiger partial charge on any atom is 0.337 e. The van der Waals surface area contributed by atoms with Crippen LogP contribution >= 0.6 is 0 Å². The zero-order chi connectivity index (χ0) is 17.9. The third kappa shape index (κ3) is 3.99. The highest BCUT2D eigenvalue weighted by molar-refractivity contribution is 5.95. The molecule has 7 nitrogen and oxygen atoms in total. The second-order valence-corrected chi connectivity index (χ2v) is 5.12. The molecule has 0 aliphatic heterocycles. The van der Waals surface area contributed by atoms with Gasteiger partial charge in [-0.3, -0.25) is 4.79 Å². The van der Waals surface area contributed by atoms with Crippen LogP contribution in [0, 0.1) is 5.82 Å². The molecule has 126 valence electrons. The summed E-state index contributed by atoms with van der Waals surface area (Å²) in [6.07, 6.45) is 0.0131. The van der Waals surface area contributed by atoms with Crippen molar-refractivity contribution in [3.05, 3.63) is 53.3 Å². The topological polar surface area (TPSA) is 133 Å². The van der Waals surface area contributed by atoms with Crippen molar-refractivity contribution < 1.29 is 29.3 Å². The molecule has 0 unspecified atom stereocenters. The zero-order valence-electron chi connectivity index (χ0n) is 12.4. The summed E-state index contributed by atoms with van der Waals surface area (Å²) in [6, 6.07) is 6.20. The summed E-state index contributed by atoms with van der Waals surface area (Å²) in [7, 11) is 0. The molecule has 8 heteroatoms. The normalized spacial score (nSPS) is 11.8. The number of carbonyl (C=O) groups is 2. The fraction of sp³-hybridized carbons (Fsp3) is 0.125. The number of benzene rings is 2. The van der Waals surface area contributed by atoms with E-state index >= 15 is 0 Å². The van der Waals surface area contributed by atoms with E-state index in [1.807, 2.05) is 0 Å². The Morgan fingerprint density at radius 1 is 1.12 bits per heavy atom. The monoisotopic (exact) mass is 334 g/mol. The van der Waals surface area contributed by atoms with Crippen LogP contribution in [0.15, 0.2) is 36.4 Å². The van der Waals surface area contributed by atoms with Crippen molar-refractivity contribution in [2.45, 2.75) is 12.5 Å². The first kappa shape index (κ1) is 17.2. The number of halogens is 1. The summed E-state index contributed by atoms with van der Waals surface area (Å²) in [6.45, 7) is 0. The van der Waals surface area contributed by atoms with Crippen LogP contribution in [-0.4, -0.2) is 33.3 Å². The van der Waals surface area contributed by atoms with Crippen LogP contribution in [0.5, 0.6) is 5.75 Å². The minimum atomic E-state index is -1.26. The third-order valence-electron chi connectivity index (χ3n) is 3.32. The fourth-order valence-corrected chi connectivity index (χ4v) is 2.10. The van der Waals surface area contributed by atoms with E-state index in [1.54, 1.807) is 0 Å². The minimum Gasteiger partial charge on any atom is -0.506 e. The summed E-state index contributed by atoms with van der Waals surface area (Å²) >= 11 is 0. The van der Waals surface area contributed by atoms with Gasteiger partial charge in [-0.05, 0) is 42.3 Å². The van der Waals surface area contributed by atoms with Crippen LogP contribution in [0.4, 0.5) is 15.8 Å². The predicted molar refractivity (Wildman–Crippen MR) is 84.1 cm³/mol. The molecule has 0 bridgehead atoms. The first-order chi connectivity index (χ1) is 11.3. The lowest BCUT2D eigenvalue weighted by atomic mass is 10.0. The van der Waals surface area contributed by atoms with Crippen molar-refractivity contribution in [1.29, 1.82) is 0 Å². The van der Waals surface area contributed by atoms with Crippen LogP contribution in [0.25, 0.3) is 0 Å². The van der Waals surface area contributed by atoms with Gasteiger partial charge in [0.15, 0.2) is 0 Å². The van der Waals surface area contributed by atoms with Gasteiger partial charge in [-0.15, -0.1) is 0 Å². The summed E-state index contributed by atoms with van der Waals surface area (Å²) in [5, 5.41) is 30.5. The SMILES string of the molecule is N[C@@H](Cc1ccc(O)c(Nc2cc(F)ccc2C(=O)O)c1)C(=O)O. The van der Waals surface area contributed by atoms with Gasteiger partial charge in [0.25, 0.3) is 0 Å². The number of aromatic hydroxyl groups is 1. The Kier molecular flexibility index (Phi) is 5.00. The predicted octanol–water partition coefficient (Wildman–Crippen LogP) is 1.93. The van der Waals surface area contributed by atoms with Crippen molar-refractivity contribution >= 4 is 23.3 Å².